The number of hydrogen-bond acceptors (Lipinski definition) is 3. The second kappa shape index (κ2) is 7.45. The van der Waals surface area contributed by atoms with Crippen LogP contribution in [0.2, 0.25) is 0 Å². The topological polar surface area (TPSA) is 41.6 Å². The minimum Gasteiger partial charge on any atom is -0.448 e. The van der Waals surface area contributed by atoms with E-state index in [9.17, 15) is 9.18 Å². The summed E-state index contributed by atoms with van der Waals surface area (Å²) in [6, 6.07) is 13.9. The molecule has 1 heterocycles. The van der Waals surface area contributed by atoms with Crippen LogP contribution in [0.5, 0.6) is 0 Å². The van der Waals surface area contributed by atoms with Crippen LogP contribution >= 0.6 is 0 Å². The highest BCUT2D eigenvalue weighted by molar-refractivity contribution is 5.91. The van der Waals surface area contributed by atoms with E-state index in [1.54, 1.807) is 36.4 Å². The fraction of sp³-hybridized carbons (Fsp3) is 0.316. The predicted molar refractivity (Wildman–Crippen MR) is 92.5 cm³/mol. The summed E-state index contributed by atoms with van der Waals surface area (Å²) in [5.41, 5.74) is 1.61. The highest BCUT2D eigenvalue weighted by atomic mass is 19.1. The second-order valence-corrected chi connectivity index (χ2v) is 6.03. The zero-order valence-corrected chi connectivity index (χ0v) is 13.7. The van der Waals surface area contributed by atoms with E-state index in [0.29, 0.717) is 23.4 Å². The van der Waals surface area contributed by atoms with Gasteiger partial charge in [-0.1, -0.05) is 36.4 Å². The van der Waals surface area contributed by atoms with Crippen LogP contribution in [-0.2, 0) is 4.74 Å². The van der Waals surface area contributed by atoms with Crippen molar-refractivity contribution in [3.63, 3.8) is 0 Å². The quantitative estimate of drug-likeness (QED) is 0.917. The number of hydrogen-bond donors (Lipinski definition) is 1. The Labute approximate surface area is 141 Å². The van der Waals surface area contributed by atoms with Gasteiger partial charge in [-0.3, -0.25) is 5.32 Å². The number of halogens is 1. The summed E-state index contributed by atoms with van der Waals surface area (Å²) in [6.45, 7) is 1.40. The molecule has 4 nitrogen and oxygen atoms in total. The smallest absolute Gasteiger partial charge is 0.411 e. The van der Waals surface area contributed by atoms with Gasteiger partial charge in [-0.05, 0) is 38.6 Å². The maximum atomic E-state index is 14.0. The molecule has 24 heavy (non-hydrogen) atoms. The van der Waals surface area contributed by atoms with Crippen molar-refractivity contribution in [1.82, 2.24) is 4.90 Å². The normalized spacial score (nSPS) is 17.7. The van der Waals surface area contributed by atoms with Crippen LogP contribution in [-0.4, -0.2) is 37.2 Å². The largest absolute Gasteiger partial charge is 0.448 e. The van der Waals surface area contributed by atoms with Crippen molar-refractivity contribution in [2.24, 2.45) is 0 Å². The van der Waals surface area contributed by atoms with Crippen molar-refractivity contribution in [2.45, 2.75) is 18.9 Å². The molecule has 1 atom stereocenters. The van der Waals surface area contributed by atoms with Crippen LogP contribution in [0.1, 0.15) is 12.8 Å². The van der Waals surface area contributed by atoms with E-state index >= 15 is 0 Å². The van der Waals surface area contributed by atoms with Crippen LogP contribution in [0.4, 0.5) is 14.9 Å². The van der Waals surface area contributed by atoms with Gasteiger partial charge in [-0.25, -0.2) is 9.18 Å². The summed E-state index contributed by atoms with van der Waals surface area (Å²) in [5.74, 6) is -0.326. The first-order chi connectivity index (χ1) is 11.6. The summed E-state index contributed by atoms with van der Waals surface area (Å²) < 4.78 is 19.4. The van der Waals surface area contributed by atoms with Crippen LogP contribution in [0.3, 0.4) is 0 Å². The standard InChI is InChI=1S/C19H21FN2O2/c1-22-12-6-7-14(22)13-24-19(23)21-18-11-5-3-9-16(18)15-8-2-4-10-17(15)20/h2-5,8-11,14H,6-7,12-13H2,1H3,(H,21,23)/t14-/m0/s1. The van der Waals surface area contributed by atoms with Gasteiger partial charge in [0, 0.05) is 17.2 Å². The molecule has 3 rings (SSSR count). The molecule has 5 heteroatoms. The SMILES string of the molecule is CN1CCC[C@H]1COC(=O)Nc1ccccc1-c1ccccc1F. The van der Waals surface area contributed by atoms with Gasteiger partial charge in [0.25, 0.3) is 0 Å². The Morgan fingerprint density at radius 1 is 1.21 bits per heavy atom. The fourth-order valence-electron chi connectivity index (χ4n) is 3.01. The molecule has 1 aliphatic heterocycles. The van der Waals surface area contributed by atoms with Crippen molar-refractivity contribution in [3.8, 4) is 11.1 Å². The van der Waals surface area contributed by atoms with Crippen molar-refractivity contribution >= 4 is 11.8 Å². The molecule has 2 aromatic rings. The first kappa shape index (κ1) is 16.5. The van der Waals surface area contributed by atoms with E-state index in [1.165, 1.54) is 6.07 Å². The van der Waals surface area contributed by atoms with Gasteiger partial charge in [0.05, 0.1) is 5.69 Å². The highest BCUT2D eigenvalue weighted by Gasteiger charge is 2.22. The molecule has 1 N–H and O–H groups in total. The number of benzene rings is 2. The number of likely N-dealkylation sites (N-methyl/N-ethyl adjacent to an activating group) is 1. The Morgan fingerprint density at radius 3 is 2.62 bits per heavy atom. The summed E-state index contributed by atoms with van der Waals surface area (Å²) in [6.07, 6.45) is 1.65. The number of carbonyl (C=O) groups excluding carboxylic acids is 1. The van der Waals surface area contributed by atoms with E-state index in [0.717, 1.165) is 19.4 Å². The van der Waals surface area contributed by atoms with Crippen LogP contribution in [0.15, 0.2) is 48.5 Å². The van der Waals surface area contributed by atoms with Gasteiger partial charge in [0.2, 0.25) is 0 Å². The first-order valence-corrected chi connectivity index (χ1v) is 8.13. The third-order valence-electron chi connectivity index (χ3n) is 4.41. The Balaban J connectivity index is 1.69. The number of anilines is 1. The summed E-state index contributed by atoms with van der Waals surface area (Å²) >= 11 is 0. The van der Waals surface area contributed by atoms with E-state index in [4.69, 9.17) is 4.74 Å². The molecule has 0 aliphatic carbocycles. The Bertz CT molecular complexity index is 720. The molecular formula is C19H21FN2O2. The maximum absolute atomic E-state index is 14.0. The van der Waals surface area contributed by atoms with Crippen molar-refractivity contribution in [1.29, 1.82) is 0 Å². The van der Waals surface area contributed by atoms with Gasteiger partial charge in [0.15, 0.2) is 0 Å². The number of nitrogens with one attached hydrogen (secondary N) is 1. The summed E-state index contributed by atoms with van der Waals surface area (Å²) in [7, 11) is 2.03. The lowest BCUT2D eigenvalue weighted by molar-refractivity contribution is 0.127. The first-order valence-electron chi connectivity index (χ1n) is 8.13. The molecule has 0 unspecified atom stereocenters. The van der Waals surface area contributed by atoms with Gasteiger partial charge >= 0.3 is 6.09 Å². The average molecular weight is 328 g/mol. The molecule has 0 radical (unpaired) electrons. The van der Waals surface area contributed by atoms with Gasteiger partial charge < -0.3 is 9.64 Å². The lowest BCUT2D eigenvalue weighted by Gasteiger charge is -2.19. The molecule has 1 aliphatic rings. The molecule has 0 bridgehead atoms. The maximum Gasteiger partial charge on any atom is 0.411 e. The molecule has 126 valence electrons. The van der Waals surface area contributed by atoms with Crippen LogP contribution < -0.4 is 5.32 Å². The number of nitrogens with zero attached hydrogens (tertiary/aromatic N) is 1. The molecule has 0 saturated carbocycles. The van der Waals surface area contributed by atoms with Crippen molar-refractivity contribution in [2.75, 3.05) is 25.5 Å². The Hall–Kier alpha value is -2.40. The average Bonchev–Trinajstić information content (AvgIpc) is 2.99. The molecule has 1 saturated heterocycles. The molecule has 1 amide bonds. The molecule has 2 aromatic carbocycles. The molecule has 0 aromatic heterocycles. The summed E-state index contributed by atoms with van der Waals surface area (Å²) in [5, 5.41) is 2.73. The minimum absolute atomic E-state index is 0.276. The molecule has 1 fully saturated rings. The zero-order valence-electron chi connectivity index (χ0n) is 13.7. The summed E-state index contributed by atoms with van der Waals surface area (Å²) in [4.78, 5) is 14.3. The van der Waals surface area contributed by atoms with Crippen LogP contribution in [0.25, 0.3) is 11.1 Å². The predicted octanol–water partition coefficient (Wildman–Crippen LogP) is 4.14. The lowest BCUT2D eigenvalue weighted by atomic mass is 10.0. The Kier molecular flexibility index (Phi) is 5.11. The lowest BCUT2D eigenvalue weighted by Crippen LogP contribution is -2.31. The molecule has 0 spiro atoms. The number of para-hydroxylation sites is 1. The van der Waals surface area contributed by atoms with Crippen molar-refractivity contribution in [3.05, 3.63) is 54.3 Å². The van der Waals surface area contributed by atoms with Gasteiger partial charge in [-0.15, -0.1) is 0 Å². The second-order valence-electron chi connectivity index (χ2n) is 6.03. The number of ether oxygens (including phenoxy) is 1. The van der Waals surface area contributed by atoms with E-state index in [-0.39, 0.29) is 11.9 Å². The number of rotatable bonds is 4. The number of carbonyl (C=O) groups is 1. The van der Waals surface area contributed by atoms with E-state index < -0.39 is 6.09 Å². The molecular weight excluding hydrogens is 307 g/mol. The van der Waals surface area contributed by atoms with Gasteiger partial charge in [-0.2, -0.15) is 0 Å². The fourth-order valence-corrected chi connectivity index (χ4v) is 3.01. The van der Waals surface area contributed by atoms with Gasteiger partial charge in [0.1, 0.15) is 12.4 Å². The monoisotopic (exact) mass is 328 g/mol. The highest BCUT2D eigenvalue weighted by Crippen LogP contribution is 2.29. The third kappa shape index (κ3) is 3.74. The van der Waals surface area contributed by atoms with Crippen LogP contribution in [0, 0.1) is 5.82 Å². The van der Waals surface area contributed by atoms with E-state index in [2.05, 4.69) is 10.2 Å². The zero-order chi connectivity index (χ0) is 16.9. The van der Waals surface area contributed by atoms with Crippen molar-refractivity contribution < 1.29 is 13.9 Å². The number of amides is 1. The third-order valence-corrected chi connectivity index (χ3v) is 4.41. The minimum atomic E-state index is -0.515. The van der Waals surface area contributed by atoms with E-state index in [1.807, 2.05) is 13.1 Å². The Morgan fingerprint density at radius 2 is 1.92 bits per heavy atom. The number of likely N-dealkylation sites (tertiary alicyclic amines) is 1.